The van der Waals surface area contributed by atoms with Crippen molar-refractivity contribution in [2.75, 3.05) is 0 Å². The Kier molecular flexibility index (Phi) is 27.8. The summed E-state index contributed by atoms with van der Waals surface area (Å²) in [4.78, 5) is 71.4. The maximum absolute atomic E-state index is 4.90. The molecular formula is C104H75N36Pt6-7. The van der Waals surface area contributed by atoms with E-state index < -0.39 is 0 Å². The molecule has 0 fully saturated rings. The molecule has 30 aromatic rings. The summed E-state index contributed by atoms with van der Waals surface area (Å²) in [5, 5.41) is 13.4. The molecule has 42 heteroatoms. The molecule has 0 amide bonds. The average molecular weight is 3000 g/mol. The van der Waals surface area contributed by atoms with Crippen molar-refractivity contribution in [2.24, 2.45) is 56.4 Å². The zero-order valence-electron chi connectivity index (χ0n) is 77.9. The molecule has 738 valence electrons. The van der Waals surface area contributed by atoms with Gasteiger partial charge in [-0.1, -0.05) is 289 Å². The topological polar surface area (TPSA) is 310 Å². The van der Waals surface area contributed by atoms with Crippen LogP contribution in [-0.4, -0.2) is 132 Å². The molecule has 0 saturated carbocycles. The molecule has 0 saturated heterocycles. The van der Waals surface area contributed by atoms with Crippen molar-refractivity contribution in [1.29, 1.82) is 0 Å². The second-order valence-corrected chi connectivity index (χ2v) is 33.7. The molecule has 24 heterocycles. The Hall–Kier alpha value is -15.6. The van der Waals surface area contributed by atoms with Crippen LogP contribution in [0.15, 0.2) is 313 Å². The predicted molar refractivity (Wildman–Crippen MR) is 524 cm³/mol. The number of imidazole rings is 12. The average Bonchev–Trinajstić information content (AvgIpc) is 1.60. The second kappa shape index (κ2) is 40.9. The minimum atomic E-state index is 0. The molecule has 0 radical (unpaired) electrons. The first kappa shape index (κ1) is 99.2. The maximum Gasteiger partial charge on any atom is 2.00 e. The van der Waals surface area contributed by atoms with E-state index in [9.17, 15) is 0 Å². The van der Waals surface area contributed by atoms with Gasteiger partial charge in [0, 0.05) is 172 Å². The molecule has 0 unspecified atom stereocenters. The predicted octanol–water partition coefficient (Wildman–Crippen LogP) is 13.0. The van der Waals surface area contributed by atoms with E-state index in [0.717, 1.165) is 201 Å². The van der Waals surface area contributed by atoms with Gasteiger partial charge in [0.2, 0.25) is 12.7 Å². The number of rotatable bonds is 12. The molecule has 0 aliphatic carbocycles. The Morgan fingerprint density at radius 3 is 0.637 bits per heavy atom. The van der Waals surface area contributed by atoms with Gasteiger partial charge < -0.3 is 156 Å². The zero-order chi connectivity index (χ0) is 94.1. The van der Waals surface area contributed by atoms with Gasteiger partial charge in [0.1, 0.15) is 0 Å². The second-order valence-electron chi connectivity index (χ2n) is 33.7. The fraction of sp³-hybridized carbons (Fsp3) is 0.0769. The number of hydrogen-bond donors (Lipinski definition) is 0. The third-order valence-corrected chi connectivity index (χ3v) is 24.5. The Morgan fingerprint density at radius 2 is 0.459 bits per heavy atom. The number of fused-ring (bicyclic) bond motifs is 18. The van der Waals surface area contributed by atoms with Crippen LogP contribution in [0.3, 0.4) is 0 Å². The van der Waals surface area contributed by atoms with Gasteiger partial charge in [0.25, 0.3) is 0 Å². The standard InChI is InChI=1S/2C18H14N6.3C17H12N6.C17H11N6.6Pt/c2*1-21-8-9-23(12-21)15-5-3-4-13-14-6-7-24(18(14)20-17(13)15)16-10-22(2)11-19-16;4*1-21-9-15(19-11-21)23-7-5-13-12-3-2-4-14(16(12)20-17(13)23)22-8-6-18-10-22;;;;;;/h2*3-10H,1-2H3;3*2-9,11H,1H3;2-9H,1H3;;;;;;/q5*-2;-3;;;;3*+2. The van der Waals surface area contributed by atoms with Gasteiger partial charge in [-0.3, -0.25) is 0 Å². The molecule has 0 N–H and O–H groups in total. The van der Waals surface area contributed by atoms with Crippen LogP contribution in [0.4, 0.5) is 0 Å². The summed E-state index contributed by atoms with van der Waals surface area (Å²) in [5.74, 6) is 5.02. The van der Waals surface area contributed by atoms with Gasteiger partial charge >= 0.3 is 63.2 Å². The van der Waals surface area contributed by atoms with E-state index in [1.54, 1.807) is 48.3 Å². The molecule has 0 aliphatic heterocycles. The summed E-state index contributed by atoms with van der Waals surface area (Å²) in [7, 11) is 15.5. The molecule has 0 bridgehead atoms. The van der Waals surface area contributed by atoms with Gasteiger partial charge in [0.15, 0.2) is 0 Å². The van der Waals surface area contributed by atoms with Crippen molar-refractivity contribution in [3.05, 3.63) is 370 Å². The van der Waals surface area contributed by atoms with Crippen molar-refractivity contribution in [1.82, 2.24) is 162 Å². The van der Waals surface area contributed by atoms with Crippen LogP contribution in [0.5, 0.6) is 0 Å². The number of aryl methyl sites for hydroxylation is 8. The van der Waals surface area contributed by atoms with Crippen molar-refractivity contribution in [3.63, 3.8) is 0 Å². The number of aromatic nitrogens is 36. The molecule has 36 nitrogen and oxygen atoms in total. The molecule has 0 spiro atoms. The van der Waals surface area contributed by atoms with E-state index in [1.807, 2.05) is 316 Å². The molecule has 24 aromatic heterocycles. The van der Waals surface area contributed by atoms with Crippen LogP contribution in [-0.2, 0) is 183 Å². The Bertz CT molecular complexity index is 8840. The van der Waals surface area contributed by atoms with Crippen molar-refractivity contribution < 1.29 is 136 Å². The zero-order valence-corrected chi connectivity index (χ0v) is 91.6. The number of nitrogens with zero attached hydrogens (tertiary/aromatic N) is 36. The van der Waals surface area contributed by atoms with Gasteiger partial charge in [-0.15, -0.1) is 18.6 Å². The fourth-order valence-corrected chi connectivity index (χ4v) is 18.1. The molecule has 6 aromatic carbocycles. The van der Waals surface area contributed by atoms with Crippen molar-refractivity contribution in [3.8, 4) is 69.0 Å². The van der Waals surface area contributed by atoms with E-state index >= 15 is 0 Å². The van der Waals surface area contributed by atoms with Crippen LogP contribution in [0.1, 0.15) is 0 Å². The summed E-state index contributed by atoms with van der Waals surface area (Å²) in [6.07, 6.45) is 78.3. The van der Waals surface area contributed by atoms with Crippen LogP contribution >= 0.6 is 0 Å². The van der Waals surface area contributed by atoms with Crippen LogP contribution in [0.2, 0.25) is 0 Å². The van der Waals surface area contributed by atoms with Gasteiger partial charge in [-0.25, -0.2) is 15.0 Å². The van der Waals surface area contributed by atoms with Crippen molar-refractivity contribution >= 4 is 132 Å². The van der Waals surface area contributed by atoms with E-state index in [-0.39, 0.29) is 126 Å². The Balaban J connectivity index is 0.000000110. The molecule has 0 atom stereocenters. The van der Waals surface area contributed by atoms with E-state index in [4.69, 9.17) is 29.9 Å². The fourth-order valence-electron chi connectivity index (χ4n) is 18.1. The van der Waals surface area contributed by atoms with Crippen LogP contribution < -0.4 is 39.0 Å². The first-order valence-corrected chi connectivity index (χ1v) is 44.3. The third-order valence-electron chi connectivity index (χ3n) is 24.5. The summed E-state index contributed by atoms with van der Waals surface area (Å²) in [6.45, 7) is 0. The molecule has 30 rings (SSSR count). The van der Waals surface area contributed by atoms with E-state index in [0.29, 0.717) is 0 Å². The van der Waals surface area contributed by atoms with Gasteiger partial charge in [-0.05, 0) is 137 Å². The summed E-state index contributed by atoms with van der Waals surface area (Å²) in [5.41, 5.74) is 17.0. The van der Waals surface area contributed by atoms with E-state index in [2.05, 4.69) is 204 Å². The van der Waals surface area contributed by atoms with Gasteiger partial charge in [-0.2, -0.15) is 0 Å². The molecular weight excluding hydrogens is 2920 g/mol. The third kappa shape index (κ3) is 17.8. The summed E-state index contributed by atoms with van der Waals surface area (Å²) in [6, 6.07) is 49.5. The smallest absolute Gasteiger partial charge is 0.467 e. The summed E-state index contributed by atoms with van der Waals surface area (Å²) >= 11 is 0. The first-order chi connectivity index (χ1) is 68.6. The number of benzene rings is 6. The quantitative estimate of drug-likeness (QED) is 0.0810. The monoisotopic (exact) mass is 3000 g/mol. The minimum absolute atomic E-state index is 0. The van der Waals surface area contributed by atoms with E-state index in [1.165, 1.54) is 0 Å². The van der Waals surface area contributed by atoms with Gasteiger partial charge in [0.05, 0.1) is 61.9 Å². The minimum Gasteiger partial charge on any atom is -0.467 e. The first-order valence-electron chi connectivity index (χ1n) is 44.3. The van der Waals surface area contributed by atoms with Crippen molar-refractivity contribution in [2.45, 2.75) is 0 Å². The largest absolute Gasteiger partial charge is 2.00 e. The number of para-hydroxylation sites is 6. The SMILES string of the molecule is Cn1[c-]nc(-n2ccc3c4cccc(-n5[c-][n+](C)cc5)c4[n-]c32)c1.Cn1[c-]nc(-n2ccc3c4cccc(-n5[c-][n+](C)cc5)c4[n-]c32)c1.Cn1[c-]nc(-n2ccc3c4cccc(-n5[c-]ncc5)c4[n-]c32)c1.Cn1cnc(-n2ccc3c4cccc(-n5[c-]ncc5)c4[n-]c32)c1.Cn1cnc(-n2ccc3c4cccc(-n5[c-]ncc5)c4[n-]c32)c1.Cn1cnc(-n2ccc3c4cccc(-n5[c-]ncc5)c4[n-]c32)c1.[Pt+2].[Pt+2].[Pt+2].[Pt].[Pt].[Pt]. The molecule has 0 aliphatic rings. The van der Waals surface area contributed by atoms with Crippen LogP contribution in [0, 0.1) is 56.9 Å². The normalized spacial score (nSPS) is 11.2. The number of hydrogen-bond acceptors (Lipinski definition) is 10. The Labute approximate surface area is 916 Å². The Morgan fingerprint density at radius 1 is 0.240 bits per heavy atom. The van der Waals surface area contributed by atoms with Crippen LogP contribution in [0.25, 0.3) is 201 Å². The summed E-state index contributed by atoms with van der Waals surface area (Å²) < 4.78 is 38.4. The maximum atomic E-state index is 4.90. The molecule has 146 heavy (non-hydrogen) atoms.